The molecule has 0 radical (unpaired) electrons. The highest BCUT2D eigenvalue weighted by molar-refractivity contribution is 7.05. The number of halogens is 15. The van der Waals surface area contributed by atoms with Gasteiger partial charge in [-0.1, -0.05) is 62.1 Å². The van der Waals surface area contributed by atoms with Crippen LogP contribution in [0.2, 0.25) is 39.3 Å². The lowest BCUT2D eigenvalue weighted by Gasteiger charge is -2.36. The Bertz CT molecular complexity index is 2290. The van der Waals surface area contributed by atoms with E-state index < -0.39 is 138 Å². The van der Waals surface area contributed by atoms with Gasteiger partial charge in [0.25, 0.3) is 6.71 Å². The molecule has 5 rings (SSSR count). The third kappa shape index (κ3) is 6.03. The Morgan fingerprint density at radius 2 is 0.593 bits per heavy atom. The van der Waals surface area contributed by atoms with Gasteiger partial charge in [-0.25, -0.2) is 65.9 Å². The third-order valence-electron chi connectivity index (χ3n) is 9.27. The normalized spacial score (nSPS) is 12.4. The number of hydrogen-bond donors (Lipinski definition) is 0. The van der Waals surface area contributed by atoms with Gasteiger partial charge in [0.15, 0.2) is 81.4 Å². The van der Waals surface area contributed by atoms with Crippen LogP contribution in [0.1, 0.15) is 11.1 Å². The Morgan fingerprint density at radius 3 is 0.889 bits per heavy atom. The van der Waals surface area contributed by atoms with Gasteiger partial charge < -0.3 is 0 Å². The molecule has 0 aromatic heterocycles. The van der Waals surface area contributed by atoms with Crippen molar-refractivity contribution in [2.45, 2.75) is 53.1 Å². The molecule has 0 N–H and O–H groups in total. The molecule has 5 aromatic carbocycles. The summed E-state index contributed by atoms with van der Waals surface area (Å²) >= 11 is 0. The minimum Gasteiger partial charge on any atom is -0.204 e. The molecule has 0 aliphatic heterocycles. The van der Waals surface area contributed by atoms with Crippen LogP contribution in [0, 0.1) is 101 Å². The number of aryl methyl sites for hydroxylation is 2. The van der Waals surface area contributed by atoms with Crippen molar-refractivity contribution in [3.8, 4) is 11.1 Å². The Labute approximate surface area is 300 Å². The van der Waals surface area contributed by atoms with Crippen molar-refractivity contribution in [2.24, 2.45) is 0 Å². The third-order valence-corrected chi connectivity index (χ3v) is 13.3. The summed E-state index contributed by atoms with van der Waals surface area (Å²) in [5, 5.41) is -0.626. The lowest BCUT2D eigenvalue weighted by atomic mass is 9.35. The van der Waals surface area contributed by atoms with E-state index in [1.165, 1.54) is 51.4 Å². The van der Waals surface area contributed by atoms with Crippen LogP contribution in [0.5, 0.6) is 0 Å². The van der Waals surface area contributed by atoms with Crippen LogP contribution < -0.4 is 26.8 Å². The maximum absolute atomic E-state index is 16.2. The van der Waals surface area contributed by atoms with Crippen LogP contribution in [-0.2, 0) is 0 Å². The van der Waals surface area contributed by atoms with Crippen molar-refractivity contribution in [1.29, 1.82) is 0 Å². The average molecular weight is 811 g/mol. The second-order valence-corrected chi connectivity index (χ2v) is 24.9. The summed E-state index contributed by atoms with van der Waals surface area (Å²) in [6.45, 7) is 8.46. The molecule has 0 heterocycles. The van der Waals surface area contributed by atoms with E-state index in [1.54, 1.807) is 13.8 Å². The number of rotatable bonds is 6. The molecule has 0 spiro atoms. The maximum atomic E-state index is 16.2. The molecule has 0 saturated heterocycles. The molecule has 54 heavy (non-hydrogen) atoms. The first kappa shape index (κ1) is 41.0. The molecule has 18 heteroatoms. The smallest absolute Gasteiger partial charge is 0.204 e. The number of fused-ring (bicyclic) bond motifs is 1. The monoisotopic (exact) mass is 810 g/mol. The van der Waals surface area contributed by atoms with Gasteiger partial charge in [0.2, 0.25) is 5.82 Å². The minimum absolute atomic E-state index is 0.00458. The van der Waals surface area contributed by atoms with E-state index in [-0.39, 0.29) is 21.1 Å². The first-order chi connectivity index (χ1) is 24.7. The summed E-state index contributed by atoms with van der Waals surface area (Å²) in [4.78, 5) is 0. The Balaban J connectivity index is 2.38. The van der Waals surface area contributed by atoms with Crippen LogP contribution in [-0.4, -0.2) is 22.9 Å². The molecular formula is C36H26BF15Si2. The summed E-state index contributed by atoms with van der Waals surface area (Å²) in [6.07, 6.45) is 0. The Morgan fingerprint density at radius 1 is 0.333 bits per heavy atom. The summed E-state index contributed by atoms with van der Waals surface area (Å²) in [5.74, 6) is -40.9. The fourth-order valence-corrected chi connectivity index (χ4v) is 11.0. The quantitative estimate of drug-likeness (QED) is 0.0697. The van der Waals surface area contributed by atoms with Crippen LogP contribution in [0.15, 0.2) is 12.1 Å². The minimum atomic E-state index is -3.58. The van der Waals surface area contributed by atoms with Crippen molar-refractivity contribution in [3.63, 3.8) is 0 Å². The molecule has 0 bridgehead atoms. The highest BCUT2D eigenvalue weighted by atomic mass is 28.3. The van der Waals surface area contributed by atoms with Crippen LogP contribution in [0.4, 0.5) is 65.9 Å². The predicted molar refractivity (Wildman–Crippen MR) is 182 cm³/mol. The first-order valence-electron chi connectivity index (χ1n) is 15.9. The summed E-state index contributed by atoms with van der Waals surface area (Å²) in [6, 6.07) is 2.87. The van der Waals surface area contributed by atoms with Gasteiger partial charge in [-0.3, -0.25) is 0 Å². The topological polar surface area (TPSA) is 0 Å². The highest BCUT2D eigenvalue weighted by Gasteiger charge is 2.47. The highest BCUT2D eigenvalue weighted by Crippen LogP contribution is 2.35. The van der Waals surface area contributed by atoms with Crippen LogP contribution in [0.25, 0.3) is 21.9 Å². The maximum Gasteiger partial charge on any atom is 0.257 e. The second kappa shape index (κ2) is 13.5. The fourth-order valence-electron chi connectivity index (χ4n) is 6.91. The SMILES string of the molecule is Cc1cc2c([Si](C)(C)C)c(B(c3c(F)c(F)c(F)c(F)c3F)c3c(F)c(F)c(F)c(F)c3F)c(-c3c(F)c(F)c(F)c(F)c3F)c([Si](C)(C)C)c2cc1C. The molecule has 0 nitrogen and oxygen atoms in total. The van der Waals surface area contributed by atoms with Crippen molar-refractivity contribution < 1.29 is 65.9 Å². The van der Waals surface area contributed by atoms with Gasteiger partial charge >= 0.3 is 0 Å². The van der Waals surface area contributed by atoms with Crippen molar-refractivity contribution >= 4 is 60.4 Å². The zero-order chi connectivity index (χ0) is 41.0. The Hall–Kier alpha value is -4.19. The largest absolute Gasteiger partial charge is 0.257 e. The molecule has 0 aliphatic carbocycles. The standard InChI is InChI=1S/C36H26BF15Si2/c1-11-9-13-14(10-12(11)2)36(54(6,7)8)17(15(35(13)53(3,4)5)16-20(38)26(44)32(50)27(45)21(16)39)37(18-22(40)28(46)33(51)29(47)23(18)41)19-24(42)30(48)34(52)31(49)25(19)43/h9-10H,1-8H3. The summed E-state index contributed by atoms with van der Waals surface area (Å²) in [7, 11) is -7.06. The predicted octanol–water partition coefficient (Wildman–Crippen LogP) is 8.82. The molecule has 5 aromatic rings. The van der Waals surface area contributed by atoms with Gasteiger partial charge in [-0.15, -0.1) is 0 Å². The molecule has 0 fully saturated rings. The second-order valence-electron chi connectivity index (χ2n) is 14.9. The first-order valence-corrected chi connectivity index (χ1v) is 22.9. The van der Waals surface area contributed by atoms with E-state index in [9.17, 15) is 13.2 Å². The molecule has 0 unspecified atom stereocenters. The van der Waals surface area contributed by atoms with E-state index in [0.717, 1.165) is 0 Å². The summed E-state index contributed by atoms with van der Waals surface area (Å²) < 4.78 is 231. The zero-order valence-electron chi connectivity index (χ0n) is 29.4. The van der Waals surface area contributed by atoms with Gasteiger partial charge in [0.1, 0.15) is 0 Å². The van der Waals surface area contributed by atoms with Crippen molar-refractivity contribution in [1.82, 2.24) is 0 Å². The van der Waals surface area contributed by atoms with E-state index in [1.807, 2.05) is 0 Å². The lowest BCUT2D eigenvalue weighted by Crippen LogP contribution is -2.67. The van der Waals surface area contributed by atoms with Crippen molar-refractivity contribution in [2.75, 3.05) is 0 Å². The number of hydrogen-bond acceptors (Lipinski definition) is 0. The summed E-state index contributed by atoms with van der Waals surface area (Å²) in [5.41, 5.74) is -7.74. The zero-order valence-corrected chi connectivity index (χ0v) is 31.4. The van der Waals surface area contributed by atoms with E-state index >= 15 is 52.7 Å². The van der Waals surface area contributed by atoms with E-state index in [0.29, 0.717) is 11.1 Å². The van der Waals surface area contributed by atoms with Crippen molar-refractivity contribution in [3.05, 3.63) is 111 Å². The van der Waals surface area contributed by atoms with Crippen LogP contribution in [0.3, 0.4) is 0 Å². The lowest BCUT2D eigenvalue weighted by molar-refractivity contribution is 0.381. The van der Waals surface area contributed by atoms with E-state index in [4.69, 9.17) is 0 Å². The van der Waals surface area contributed by atoms with Gasteiger partial charge in [-0.05, 0) is 46.5 Å². The molecular weight excluding hydrogens is 784 g/mol. The molecule has 0 amide bonds. The molecule has 286 valence electrons. The van der Waals surface area contributed by atoms with Crippen LogP contribution >= 0.6 is 0 Å². The van der Waals surface area contributed by atoms with Gasteiger partial charge in [0, 0.05) is 10.9 Å². The van der Waals surface area contributed by atoms with E-state index in [2.05, 4.69) is 0 Å². The molecule has 0 saturated carbocycles. The molecule has 0 aliphatic rings. The van der Waals surface area contributed by atoms with Gasteiger partial charge in [0.05, 0.1) is 21.7 Å². The average Bonchev–Trinajstić information content (AvgIpc) is 3.08. The van der Waals surface area contributed by atoms with Gasteiger partial charge in [-0.2, -0.15) is 0 Å². The molecule has 0 atom stereocenters. The fraction of sp³-hybridized carbons (Fsp3) is 0.222. The number of benzene rings is 5. The Kier molecular flexibility index (Phi) is 10.3.